The number of anilines is 1. The molecule has 0 amide bonds. The molecular formula is C17H29N5. The summed E-state index contributed by atoms with van der Waals surface area (Å²) >= 11 is 0. The minimum Gasteiger partial charge on any atom is -0.396 e. The molecule has 5 nitrogen and oxygen atoms in total. The van der Waals surface area contributed by atoms with Crippen molar-refractivity contribution in [3.63, 3.8) is 0 Å². The molecule has 2 aliphatic carbocycles. The number of hydrogen-bond acceptors (Lipinski definition) is 4. The number of piperazine rings is 1. The molecule has 0 atom stereocenters. The van der Waals surface area contributed by atoms with E-state index in [0.717, 1.165) is 17.6 Å². The van der Waals surface area contributed by atoms with E-state index < -0.39 is 0 Å². The molecule has 1 aliphatic heterocycles. The summed E-state index contributed by atoms with van der Waals surface area (Å²) in [6, 6.07) is 1.36. The first-order chi connectivity index (χ1) is 10.8. The molecule has 1 saturated heterocycles. The number of nitrogen functional groups attached to an aromatic ring is 1. The molecule has 0 unspecified atom stereocenters. The molecule has 2 saturated carbocycles. The highest BCUT2D eigenvalue weighted by Crippen LogP contribution is 2.32. The van der Waals surface area contributed by atoms with Gasteiger partial charge in [0.25, 0.3) is 0 Å². The smallest absolute Gasteiger partial charge is 0.0719 e. The van der Waals surface area contributed by atoms with E-state index in [-0.39, 0.29) is 0 Å². The molecule has 3 aliphatic rings. The Morgan fingerprint density at radius 1 is 0.955 bits per heavy atom. The summed E-state index contributed by atoms with van der Waals surface area (Å²) in [6.45, 7) is 6.48. The zero-order valence-electron chi connectivity index (χ0n) is 13.5. The van der Waals surface area contributed by atoms with Crippen LogP contribution in [0.5, 0.6) is 0 Å². The lowest BCUT2D eigenvalue weighted by atomic mass is 9.90. The van der Waals surface area contributed by atoms with Crippen molar-refractivity contribution >= 4 is 5.69 Å². The third kappa shape index (κ3) is 3.30. The van der Waals surface area contributed by atoms with E-state index in [0.29, 0.717) is 6.04 Å². The average Bonchev–Trinajstić information content (AvgIpc) is 3.26. The van der Waals surface area contributed by atoms with Gasteiger partial charge in [-0.25, -0.2) is 0 Å². The van der Waals surface area contributed by atoms with Crippen LogP contribution >= 0.6 is 0 Å². The molecule has 0 aromatic carbocycles. The minimum absolute atomic E-state index is 0.560. The van der Waals surface area contributed by atoms with E-state index in [4.69, 9.17) is 5.73 Å². The summed E-state index contributed by atoms with van der Waals surface area (Å²) < 4.78 is 2.08. The maximum Gasteiger partial charge on any atom is 0.0719 e. The van der Waals surface area contributed by atoms with Crippen molar-refractivity contribution in [3.05, 3.63) is 12.4 Å². The van der Waals surface area contributed by atoms with E-state index in [1.807, 2.05) is 6.20 Å². The quantitative estimate of drug-likeness (QED) is 0.924. The van der Waals surface area contributed by atoms with Crippen LogP contribution in [-0.2, 0) is 0 Å². The minimum atomic E-state index is 0.560. The molecule has 1 aromatic heterocycles. The maximum atomic E-state index is 5.79. The lowest BCUT2D eigenvalue weighted by Gasteiger charge is -2.42. The largest absolute Gasteiger partial charge is 0.396 e. The zero-order valence-corrected chi connectivity index (χ0v) is 13.5. The molecule has 2 heterocycles. The normalized spacial score (nSPS) is 31.5. The fraction of sp³-hybridized carbons (Fsp3) is 0.824. The van der Waals surface area contributed by atoms with Crippen molar-refractivity contribution in [3.8, 4) is 0 Å². The van der Waals surface area contributed by atoms with Gasteiger partial charge >= 0.3 is 0 Å². The molecule has 0 spiro atoms. The van der Waals surface area contributed by atoms with Crippen LogP contribution in [0.15, 0.2) is 12.4 Å². The average molecular weight is 303 g/mol. The van der Waals surface area contributed by atoms with Crippen LogP contribution in [0.3, 0.4) is 0 Å². The second kappa shape index (κ2) is 6.20. The number of aromatic nitrogens is 2. The standard InChI is InChI=1S/C17H29N5/c18-15-11-19-22(13-15)17-5-3-16(4-6-17)21-9-7-20(8-10-21)12-14-1-2-14/h11,13-14,16-17H,1-10,12,18H2. The van der Waals surface area contributed by atoms with Crippen molar-refractivity contribution in [2.24, 2.45) is 5.92 Å². The molecule has 22 heavy (non-hydrogen) atoms. The van der Waals surface area contributed by atoms with Crippen LogP contribution in [0.2, 0.25) is 0 Å². The van der Waals surface area contributed by atoms with E-state index in [1.165, 1.54) is 71.2 Å². The van der Waals surface area contributed by atoms with Crippen LogP contribution in [0.25, 0.3) is 0 Å². The van der Waals surface area contributed by atoms with Gasteiger partial charge in [-0.15, -0.1) is 0 Å². The van der Waals surface area contributed by atoms with Gasteiger partial charge in [0, 0.05) is 45.0 Å². The Bertz CT molecular complexity index is 479. The van der Waals surface area contributed by atoms with E-state index in [9.17, 15) is 0 Å². The van der Waals surface area contributed by atoms with Gasteiger partial charge in [0.15, 0.2) is 0 Å². The van der Waals surface area contributed by atoms with Crippen molar-refractivity contribution in [1.82, 2.24) is 19.6 Å². The first-order valence-corrected chi connectivity index (χ1v) is 9.04. The molecule has 1 aromatic rings. The van der Waals surface area contributed by atoms with Crippen molar-refractivity contribution in [2.75, 3.05) is 38.5 Å². The Labute approximate surface area is 133 Å². The molecule has 5 heteroatoms. The Morgan fingerprint density at radius 3 is 2.23 bits per heavy atom. The van der Waals surface area contributed by atoms with Gasteiger partial charge in [0.05, 0.1) is 17.9 Å². The lowest BCUT2D eigenvalue weighted by Crippen LogP contribution is -2.51. The highest BCUT2D eigenvalue weighted by atomic mass is 15.3. The van der Waals surface area contributed by atoms with E-state index in [2.05, 4.69) is 19.6 Å². The second-order valence-corrected chi connectivity index (χ2v) is 7.50. The molecule has 2 N–H and O–H groups in total. The van der Waals surface area contributed by atoms with Gasteiger partial charge in [-0.1, -0.05) is 0 Å². The Balaban J connectivity index is 1.23. The number of nitrogens with two attached hydrogens (primary N) is 1. The summed E-state index contributed by atoms with van der Waals surface area (Å²) in [5.41, 5.74) is 6.57. The van der Waals surface area contributed by atoms with Crippen molar-refractivity contribution in [1.29, 1.82) is 0 Å². The van der Waals surface area contributed by atoms with E-state index >= 15 is 0 Å². The summed E-state index contributed by atoms with van der Waals surface area (Å²) in [7, 11) is 0. The SMILES string of the molecule is Nc1cnn(C2CCC(N3CCN(CC4CC4)CC3)CC2)c1. The van der Waals surface area contributed by atoms with Gasteiger partial charge in [0.1, 0.15) is 0 Å². The van der Waals surface area contributed by atoms with Crippen LogP contribution in [0.4, 0.5) is 5.69 Å². The third-order valence-electron chi connectivity index (χ3n) is 5.80. The summed E-state index contributed by atoms with van der Waals surface area (Å²) in [5, 5.41) is 4.39. The van der Waals surface area contributed by atoms with Gasteiger partial charge in [0.2, 0.25) is 0 Å². The summed E-state index contributed by atoms with van der Waals surface area (Å²) in [6.07, 6.45) is 11.8. The number of nitrogens with zero attached hydrogens (tertiary/aromatic N) is 4. The molecule has 0 bridgehead atoms. The van der Waals surface area contributed by atoms with Gasteiger partial charge < -0.3 is 10.6 Å². The van der Waals surface area contributed by atoms with Crippen molar-refractivity contribution in [2.45, 2.75) is 50.6 Å². The Morgan fingerprint density at radius 2 is 1.64 bits per heavy atom. The number of rotatable bonds is 4. The Hall–Kier alpha value is -1.07. The van der Waals surface area contributed by atoms with E-state index in [1.54, 1.807) is 6.20 Å². The van der Waals surface area contributed by atoms with Crippen LogP contribution in [-0.4, -0.2) is 58.3 Å². The third-order valence-corrected chi connectivity index (χ3v) is 5.80. The first kappa shape index (κ1) is 14.5. The fourth-order valence-corrected chi connectivity index (χ4v) is 4.22. The maximum absolute atomic E-state index is 5.79. The molecule has 122 valence electrons. The van der Waals surface area contributed by atoms with Gasteiger partial charge in [-0.2, -0.15) is 5.10 Å². The lowest BCUT2D eigenvalue weighted by molar-refractivity contribution is 0.0685. The molecule has 4 rings (SSSR count). The highest BCUT2D eigenvalue weighted by Gasteiger charge is 2.31. The first-order valence-electron chi connectivity index (χ1n) is 9.04. The summed E-state index contributed by atoms with van der Waals surface area (Å²) in [4.78, 5) is 5.43. The second-order valence-electron chi connectivity index (χ2n) is 7.50. The van der Waals surface area contributed by atoms with Crippen LogP contribution < -0.4 is 5.73 Å². The summed E-state index contributed by atoms with van der Waals surface area (Å²) in [5.74, 6) is 1.03. The topological polar surface area (TPSA) is 50.3 Å². The van der Waals surface area contributed by atoms with Crippen LogP contribution in [0, 0.1) is 5.92 Å². The molecule has 0 radical (unpaired) electrons. The van der Waals surface area contributed by atoms with Crippen LogP contribution in [0.1, 0.15) is 44.6 Å². The highest BCUT2D eigenvalue weighted by molar-refractivity contribution is 5.30. The van der Waals surface area contributed by atoms with Gasteiger partial charge in [-0.3, -0.25) is 9.58 Å². The zero-order chi connectivity index (χ0) is 14.9. The van der Waals surface area contributed by atoms with Gasteiger partial charge in [-0.05, 0) is 44.4 Å². The number of hydrogen-bond donors (Lipinski definition) is 1. The molecule has 3 fully saturated rings. The van der Waals surface area contributed by atoms with Crippen molar-refractivity contribution < 1.29 is 0 Å². The predicted octanol–water partition coefficient (Wildman–Crippen LogP) is 1.98. The monoisotopic (exact) mass is 303 g/mol. The Kier molecular flexibility index (Phi) is 4.09. The predicted molar refractivity (Wildman–Crippen MR) is 88.7 cm³/mol. The molecular weight excluding hydrogens is 274 g/mol. The fourth-order valence-electron chi connectivity index (χ4n) is 4.22.